The van der Waals surface area contributed by atoms with Crippen molar-refractivity contribution < 1.29 is 36.3 Å². The van der Waals surface area contributed by atoms with E-state index in [1.165, 1.54) is 0 Å². The van der Waals surface area contributed by atoms with Crippen LogP contribution in [0.5, 0.6) is 0 Å². The van der Waals surface area contributed by atoms with Crippen molar-refractivity contribution in [3.63, 3.8) is 0 Å². The molecule has 0 radical (unpaired) electrons. The smallest absolute Gasteiger partial charge is 0.333 e. The summed E-state index contributed by atoms with van der Waals surface area (Å²) in [7, 11) is -4.16. The van der Waals surface area contributed by atoms with Gasteiger partial charge in [0, 0.05) is 0 Å². The van der Waals surface area contributed by atoms with Gasteiger partial charge in [-0.3, -0.25) is 4.18 Å². The van der Waals surface area contributed by atoms with Crippen molar-refractivity contribution in [3.8, 4) is 0 Å². The van der Waals surface area contributed by atoms with Gasteiger partial charge in [0.2, 0.25) is 5.79 Å². The van der Waals surface area contributed by atoms with Crippen LogP contribution in [0.3, 0.4) is 0 Å². The summed E-state index contributed by atoms with van der Waals surface area (Å²) in [5, 5.41) is 5.00. The highest BCUT2D eigenvalue weighted by Gasteiger charge is 2.67. The second-order valence-corrected chi connectivity index (χ2v) is 8.21. The summed E-state index contributed by atoms with van der Waals surface area (Å²) in [6.07, 6.45) is 1.01. The van der Waals surface area contributed by atoms with Crippen LogP contribution >= 0.6 is 0 Å². The average Bonchev–Trinajstić information content (AvgIpc) is 3.16. The van der Waals surface area contributed by atoms with Gasteiger partial charge in [0.05, 0.1) is 6.61 Å². The molecule has 4 atom stereocenters. The van der Waals surface area contributed by atoms with E-state index in [2.05, 4.69) is 0 Å². The summed E-state index contributed by atoms with van der Waals surface area (Å²) in [6, 6.07) is 0. The van der Waals surface area contributed by atoms with E-state index >= 15 is 0 Å². The highest BCUT2D eigenvalue weighted by Crippen LogP contribution is 2.50. The lowest BCUT2D eigenvalue weighted by atomic mass is 9.97. The standard InChI is InChI=1S/C16H29NO8S/c1-5-14(6-2)22-11-9-20-16(10-21-26(17,18)19)13(12(11)23-14)24-15(7-3,8-4)25-16/h11-13H,5-10H2,1-4H3,(H2,17,18,19)/t11-,12-,13+,16+/m1/s1. The minimum Gasteiger partial charge on any atom is -0.343 e. The molecule has 152 valence electrons. The Hall–Kier alpha value is -0.330. The van der Waals surface area contributed by atoms with Gasteiger partial charge < -0.3 is 23.7 Å². The summed E-state index contributed by atoms with van der Waals surface area (Å²) in [6.45, 7) is 7.63. The Morgan fingerprint density at radius 2 is 1.62 bits per heavy atom. The van der Waals surface area contributed by atoms with Crippen LogP contribution in [0, 0.1) is 0 Å². The minimum atomic E-state index is -4.16. The predicted octanol–water partition coefficient (Wildman–Crippen LogP) is 1.17. The molecule has 0 unspecified atom stereocenters. The topological polar surface area (TPSA) is 116 Å². The number of ether oxygens (including phenoxy) is 5. The van der Waals surface area contributed by atoms with Gasteiger partial charge in [-0.2, -0.15) is 8.42 Å². The Labute approximate surface area is 154 Å². The van der Waals surface area contributed by atoms with E-state index in [0.29, 0.717) is 25.7 Å². The first-order valence-corrected chi connectivity index (χ1v) is 10.7. The second kappa shape index (κ2) is 6.93. The summed E-state index contributed by atoms with van der Waals surface area (Å²) in [5.41, 5.74) is 0. The maximum absolute atomic E-state index is 11.3. The summed E-state index contributed by atoms with van der Waals surface area (Å²) < 4.78 is 58.2. The van der Waals surface area contributed by atoms with Crippen molar-refractivity contribution in [1.82, 2.24) is 0 Å². The molecule has 3 heterocycles. The number of hydrogen-bond acceptors (Lipinski definition) is 8. The number of fused-ring (bicyclic) bond motifs is 3. The molecule has 3 aliphatic heterocycles. The van der Waals surface area contributed by atoms with Crippen molar-refractivity contribution in [2.75, 3.05) is 13.2 Å². The number of hydrogen-bond donors (Lipinski definition) is 1. The number of nitrogens with two attached hydrogens (primary N) is 1. The van der Waals surface area contributed by atoms with E-state index in [0.717, 1.165) is 0 Å². The molecule has 0 bridgehead atoms. The fourth-order valence-corrected chi connectivity index (χ4v) is 4.24. The highest BCUT2D eigenvalue weighted by molar-refractivity contribution is 7.84. The van der Waals surface area contributed by atoms with Crippen LogP contribution in [0.15, 0.2) is 0 Å². The maximum Gasteiger partial charge on any atom is 0.333 e. The molecule has 2 N–H and O–H groups in total. The van der Waals surface area contributed by atoms with Crippen molar-refractivity contribution >= 4 is 10.3 Å². The van der Waals surface area contributed by atoms with Gasteiger partial charge in [-0.05, 0) is 25.7 Å². The fraction of sp³-hybridized carbons (Fsp3) is 1.00. The molecule has 26 heavy (non-hydrogen) atoms. The monoisotopic (exact) mass is 395 g/mol. The molecule has 3 rings (SSSR count). The molecule has 0 aromatic heterocycles. The third kappa shape index (κ3) is 3.42. The van der Waals surface area contributed by atoms with Crippen molar-refractivity contribution in [1.29, 1.82) is 0 Å². The summed E-state index contributed by atoms with van der Waals surface area (Å²) in [5.74, 6) is -3.03. The largest absolute Gasteiger partial charge is 0.343 e. The molecule has 3 fully saturated rings. The Kier molecular flexibility index (Phi) is 5.44. The van der Waals surface area contributed by atoms with Gasteiger partial charge >= 0.3 is 10.3 Å². The fourth-order valence-electron chi connectivity index (χ4n) is 3.91. The van der Waals surface area contributed by atoms with Crippen LogP contribution in [-0.2, 0) is 38.2 Å². The lowest BCUT2D eigenvalue weighted by Crippen LogP contribution is -2.60. The molecule has 0 spiro atoms. The molecular weight excluding hydrogens is 366 g/mol. The third-order valence-corrected chi connectivity index (χ3v) is 6.03. The predicted molar refractivity (Wildman–Crippen MR) is 90.1 cm³/mol. The second-order valence-electron chi connectivity index (χ2n) is 6.99. The minimum absolute atomic E-state index is 0.184. The van der Waals surface area contributed by atoms with E-state index in [9.17, 15) is 8.42 Å². The van der Waals surface area contributed by atoms with Crippen LogP contribution in [0.1, 0.15) is 53.4 Å². The Balaban J connectivity index is 1.92. The lowest BCUT2D eigenvalue weighted by molar-refractivity contribution is -0.296. The molecule has 0 amide bonds. The van der Waals surface area contributed by atoms with E-state index < -0.39 is 46.5 Å². The molecule has 3 aliphatic rings. The summed E-state index contributed by atoms with van der Waals surface area (Å²) >= 11 is 0. The third-order valence-electron chi connectivity index (χ3n) is 5.59. The van der Waals surface area contributed by atoms with Crippen LogP contribution in [0.2, 0.25) is 0 Å². The van der Waals surface area contributed by atoms with Crippen LogP contribution in [0.4, 0.5) is 0 Å². The normalized spacial score (nSPS) is 38.1. The SMILES string of the molecule is CCC1(CC)O[C@@H]2[C@@H](CO[C@@]3(COS(N)(=O)=O)OC(CC)(CC)O[C@@H]23)O1. The van der Waals surface area contributed by atoms with Crippen molar-refractivity contribution in [2.45, 2.75) is 89.1 Å². The van der Waals surface area contributed by atoms with Crippen LogP contribution in [-0.4, -0.2) is 57.3 Å². The zero-order valence-corrected chi connectivity index (χ0v) is 16.5. The maximum atomic E-state index is 11.3. The van der Waals surface area contributed by atoms with E-state index in [4.69, 9.17) is 33.0 Å². The van der Waals surface area contributed by atoms with Gasteiger partial charge in [-0.15, -0.1) is 0 Å². The van der Waals surface area contributed by atoms with E-state index in [1.54, 1.807) is 0 Å². The zero-order valence-electron chi connectivity index (χ0n) is 15.7. The van der Waals surface area contributed by atoms with Crippen LogP contribution in [0.25, 0.3) is 0 Å². The molecule has 10 heteroatoms. The van der Waals surface area contributed by atoms with Gasteiger partial charge in [0.1, 0.15) is 24.9 Å². The zero-order chi connectivity index (χ0) is 19.2. The Morgan fingerprint density at radius 3 is 2.15 bits per heavy atom. The lowest BCUT2D eigenvalue weighted by Gasteiger charge is -2.40. The average molecular weight is 395 g/mol. The van der Waals surface area contributed by atoms with Gasteiger partial charge in [-0.1, -0.05) is 27.7 Å². The Bertz CT molecular complexity index is 618. The number of rotatable bonds is 7. The molecule has 3 saturated heterocycles. The molecule has 9 nitrogen and oxygen atoms in total. The first-order valence-electron chi connectivity index (χ1n) is 9.20. The molecule has 0 saturated carbocycles. The molecule has 0 aromatic carbocycles. The highest BCUT2D eigenvalue weighted by atomic mass is 32.2. The summed E-state index contributed by atoms with van der Waals surface area (Å²) in [4.78, 5) is 0. The van der Waals surface area contributed by atoms with Gasteiger partial charge in [-0.25, -0.2) is 5.14 Å². The van der Waals surface area contributed by atoms with Gasteiger partial charge in [0.25, 0.3) is 0 Å². The van der Waals surface area contributed by atoms with E-state index in [1.807, 2.05) is 27.7 Å². The molecule has 0 aliphatic carbocycles. The molecular formula is C16H29NO8S. The van der Waals surface area contributed by atoms with Crippen molar-refractivity contribution in [2.24, 2.45) is 5.14 Å². The van der Waals surface area contributed by atoms with Gasteiger partial charge in [0.15, 0.2) is 11.6 Å². The quantitative estimate of drug-likeness (QED) is 0.683. The first kappa shape index (κ1) is 20.4. The van der Waals surface area contributed by atoms with Crippen molar-refractivity contribution in [3.05, 3.63) is 0 Å². The van der Waals surface area contributed by atoms with E-state index in [-0.39, 0.29) is 12.7 Å². The first-order chi connectivity index (χ1) is 12.2. The Morgan fingerprint density at radius 1 is 1.00 bits per heavy atom. The van der Waals surface area contributed by atoms with Crippen LogP contribution < -0.4 is 5.14 Å². The molecule has 0 aromatic rings.